The molecule has 2 aromatic carbocycles. The fourth-order valence-corrected chi connectivity index (χ4v) is 2.51. The molecule has 0 aliphatic carbocycles. The first-order valence-corrected chi connectivity index (χ1v) is 8.72. The molecule has 0 amide bonds. The van der Waals surface area contributed by atoms with Gasteiger partial charge in [-0.25, -0.2) is 0 Å². The van der Waals surface area contributed by atoms with E-state index < -0.39 is 0 Å². The van der Waals surface area contributed by atoms with Crippen molar-refractivity contribution in [2.75, 3.05) is 19.8 Å². The molecule has 1 N–H and O–H groups in total. The molecule has 0 heterocycles. The lowest BCUT2D eigenvalue weighted by molar-refractivity contribution is 0.133. The van der Waals surface area contributed by atoms with Crippen molar-refractivity contribution in [1.82, 2.24) is 5.32 Å². The molecule has 24 heavy (non-hydrogen) atoms. The molecule has 0 aliphatic rings. The lowest BCUT2D eigenvalue weighted by Gasteiger charge is -2.06. The highest BCUT2D eigenvalue weighted by molar-refractivity contribution is 5.85. The van der Waals surface area contributed by atoms with Crippen LogP contribution in [0.15, 0.2) is 54.6 Å². The van der Waals surface area contributed by atoms with Gasteiger partial charge >= 0.3 is 0 Å². The van der Waals surface area contributed by atoms with Crippen LogP contribution in [-0.4, -0.2) is 19.8 Å². The Balaban J connectivity index is 0.00000288. The molecule has 2 rings (SSSR count). The molecule has 0 saturated carbocycles. The second-order valence-electron chi connectivity index (χ2n) is 6.07. The summed E-state index contributed by atoms with van der Waals surface area (Å²) in [6, 6.07) is 19.3. The van der Waals surface area contributed by atoms with E-state index in [4.69, 9.17) is 4.74 Å². The number of ether oxygens (including phenoxy) is 1. The number of rotatable bonds is 11. The van der Waals surface area contributed by atoms with Crippen molar-refractivity contribution in [3.05, 3.63) is 71.3 Å². The van der Waals surface area contributed by atoms with E-state index in [1.54, 1.807) is 0 Å². The van der Waals surface area contributed by atoms with Crippen LogP contribution in [0.25, 0.3) is 0 Å². The minimum Gasteiger partial charge on any atom is -0.381 e. The van der Waals surface area contributed by atoms with Gasteiger partial charge in [0.1, 0.15) is 0 Å². The van der Waals surface area contributed by atoms with Crippen molar-refractivity contribution >= 4 is 12.4 Å². The molecule has 0 radical (unpaired) electrons. The van der Waals surface area contributed by atoms with Crippen LogP contribution in [0.4, 0.5) is 0 Å². The van der Waals surface area contributed by atoms with E-state index in [-0.39, 0.29) is 12.4 Å². The van der Waals surface area contributed by atoms with E-state index in [2.05, 4.69) is 66.8 Å². The molecular weight excluding hydrogens is 318 g/mol. The van der Waals surface area contributed by atoms with Gasteiger partial charge in [-0.1, -0.05) is 60.2 Å². The normalized spacial score (nSPS) is 10.4. The Bertz CT molecular complexity index is 527. The summed E-state index contributed by atoms with van der Waals surface area (Å²) in [7, 11) is 0. The number of aryl methyl sites for hydroxylation is 1. The largest absolute Gasteiger partial charge is 0.381 e. The first-order valence-electron chi connectivity index (χ1n) is 8.72. The van der Waals surface area contributed by atoms with Crippen molar-refractivity contribution in [2.24, 2.45) is 0 Å². The maximum absolute atomic E-state index is 5.72. The van der Waals surface area contributed by atoms with E-state index in [1.807, 2.05) is 0 Å². The summed E-state index contributed by atoms with van der Waals surface area (Å²) in [6.07, 6.45) is 4.61. The number of hydrogen-bond acceptors (Lipinski definition) is 2. The van der Waals surface area contributed by atoms with E-state index >= 15 is 0 Å². The zero-order valence-corrected chi connectivity index (χ0v) is 15.5. The van der Waals surface area contributed by atoms with Gasteiger partial charge in [-0.05, 0) is 50.3 Å². The summed E-state index contributed by atoms with van der Waals surface area (Å²) < 4.78 is 5.72. The molecule has 132 valence electrons. The highest BCUT2D eigenvalue weighted by Crippen LogP contribution is 2.04. The molecule has 2 nitrogen and oxygen atoms in total. The van der Waals surface area contributed by atoms with Crippen molar-refractivity contribution in [3.8, 4) is 0 Å². The van der Waals surface area contributed by atoms with E-state index in [9.17, 15) is 0 Å². The number of nitrogens with one attached hydrogen (secondary N) is 1. The molecule has 3 heteroatoms. The highest BCUT2D eigenvalue weighted by Gasteiger charge is 1.95. The summed E-state index contributed by atoms with van der Waals surface area (Å²) in [6.45, 7) is 5.88. The van der Waals surface area contributed by atoms with Crippen LogP contribution in [0, 0.1) is 6.92 Å². The Labute approximate surface area is 153 Å². The Morgan fingerprint density at radius 3 is 2.29 bits per heavy atom. The van der Waals surface area contributed by atoms with Gasteiger partial charge in [-0.3, -0.25) is 0 Å². The molecule has 0 unspecified atom stereocenters. The third kappa shape index (κ3) is 9.07. The Hall–Kier alpha value is -1.35. The predicted molar refractivity (Wildman–Crippen MR) is 105 cm³/mol. The average molecular weight is 348 g/mol. The molecule has 0 fully saturated rings. The molecule has 2 aromatic rings. The van der Waals surface area contributed by atoms with Gasteiger partial charge < -0.3 is 10.1 Å². The fourth-order valence-electron chi connectivity index (χ4n) is 2.51. The van der Waals surface area contributed by atoms with Gasteiger partial charge in [0, 0.05) is 13.2 Å². The average Bonchev–Trinajstić information content (AvgIpc) is 2.59. The Kier molecular flexibility index (Phi) is 11.2. The predicted octanol–water partition coefficient (Wildman–Crippen LogP) is 4.94. The molecule has 0 saturated heterocycles. The zero-order chi connectivity index (χ0) is 16.2. The van der Waals surface area contributed by atoms with Crippen LogP contribution >= 0.6 is 12.4 Å². The smallest absolute Gasteiger partial charge is 0.0506 e. The molecule has 0 aromatic heterocycles. The van der Waals surface area contributed by atoms with E-state index in [0.717, 1.165) is 39.1 Å². The first-order chi connectivity index (χ1) is 11.3. The summed E-state index contributed by atoms with van der Waals surface area (Å²) >= 11 is 0. The second-order valence-corrected chi connectivity index (χ2v) is 6.07. The van der Waals surface area contributed by atoms with Gasteiger partial charge in [0.15, 0.2) is 0 Å². The van der Waals surface area contributed by atoms with Crippen molar-refractivity contribution in [3.63, 3.8) is 0 Å². The fraction of sp³-hybridized carbons (Fsp3) is 0.429. The van der Waals surface area contributed by atoms with Crippen LogP contribution in [0.1, 0.15) is 36.0 Å². The molecule has 0 bridgehead atoms. The minimum absolute atomic E-state index is 0. The molecule has 0 aliphatic heterocycles. The lowest BCUT2D eigenvalue weighted by atomic mass is 10.1. The lowest BCUT2D eigenvalue weighted by Crippen LogP contribution is -2.14. The third-order valence-electron chi connectivity index (χ3n) is 3.97. The second kappa shape index (κ2) is 13.0. The molecule has 0 atom stereocenters. The van der Waals surface area contributed by atoms with Gasteiger partial charge in [0.2, 0.25) is 0 Å². The summed E-state index contributed by atoms with van der Waals surface area (Å²) in [5, 5.41) is 3.49. The van der Waals surface area contributed by atoms with Crippen molar-refractivity contribution in [2.45, 2.75) is 39.2 Å². The molecular formula is C21H30ClNO. The third-order valence-corrected chi connectivity index (χ3v) is 3.97. The number of hydrogen-bond donors (Lipinski definition) is 1. The van der Waals surface area contributed by atoms with Crippen molar-refractivity contribution in [1.29, 1.82) is 0 Å². The maximum atomic E-state index is 5.72. The quantitative estimate of drug-likeness (QED) is 0.581. The number of benzene rings is 2. The van der Waals surface area contributed by atoms with Crippen molar-refractivity contribution < 1.29 is 4.74 Å². The van der Waals surface area contributed by atoms with Crippen LogP contribution in [0.3, 0.4) is 0 Å². The maximum Gasteiger partial charge on any atom is 0.0506 e. The summed E-state index contributed by atoms with van der Waals surface area (Å²) in [4.78, 5) is 0. The van der Waals surface area contributed by atoms with Gasteiger partial charge in [0.25, 0.3) is 0 Å². The van der Waals surface area contributed by atoms with E-state index in [1.165, 1.54) is 29.5 Å². The minimum atomic E-state index is 0. The Morgan fingerprint density at radius 1 is 0.792 bits per heavy atom. The van der Waals surface area contributed by atoms with E-state index in [0.29, 0.717) is 0 Å². The Morgan fingerprint density at radius 2 is 1.54 bits per heavy atom. The topological polar surface area (TPSA) is 21.3 Å². The van der Waals surface area contributed by atoms with Gasteiger partial charge in [-0.2, -0.15) is 0 Å². The van der Waals surface area contributed by atoms with Crippen LogP contribution in [0.2, 0.25) is 0 Å². The monoisotopic (exact) mass is 347 g/mol. The van der Waals surface area contributed by atoms with Crippen LogP contribution < -0.4 is 5.32 Å². The number of halogens is 1. The van der Waals surface area contributed by atoms with Gasteiger partial charge in [0.05, 0.1) is 6.61 Å². The zero-order valence-electron chi connectivity index (χ0n) is 14.7. The summed E-state index contributed by atoms with van der Waals surface area (Å²) in [5.74, 6) is 0. The van der Waals surface area contributed by atoms with Crippen LogP contribution in [0.5, 0.6) is 0 Å². The number of unbranched alkanes of at least 4 members (excludes halogenated alkanes) is 2. The van der Waals surface area contributed by atoms with Crippen LogP contribution in [-0.2, 0) is 17.7 Å². The van der Waals surface area contributed by atoms with Gasteiger partial charge in [-0.15, -0.1) is 12.4 Å². The standard InChI is InChI=1S/C21H29NO.ClH/c1-19-10-12-20(13-11-19)14-17-23-16-7-3-6-15-22-18-21-8-4-2-5-9-21;/h2,4-5,8-13,22H,3,6-7,14-18H2,1H3;1H. The highest BCUT2D eigenvalue weighted by atomic mass is 35.5. The summed E-state index contributed by atoms with van der Waals surface area (Å²) in [5.41, 5.74) is 4.03. The SMILES string of the molecule is Cc1ccc(CCOCCCCCNCc2ccccc2)cc1.Cl. The first kappa shape index (κ1) is 20.7. The molecule has 0 spiro atoms.